The van der Waals surface area contributed by atoms with Gasteiger partial charge in [-0.15, -0.1) is 0 Å². The van der Waals surface area contributed by atoms with E-state index >= 15 is 0 Å². The van der Waals surface area contributed by atoms with Crippen LogP contribution in [0.1, 0.15) is 43.8 Å². The Balaban J connectivity index is 1.43. The van der Waals surface area contributed by atoms with Crippen LogP contribution in [0, 0.1) is 0 Å². The highest BCUT2D eigenvalue weighted by Gasteiger charge is 2.31. The maximum absolute atomic E-state index is 12.9. The minimum Gasteiger partial charge on any atom is -0.456 e. The first kappa shape index (κ1) is 19.7. The van der Waals surface area contributed by atoms with Crippen molar-refractivity contribution in [3.63, 3.8) is 0 Å². The fourth-order valence-electron chi connectivity index (χ4n) is 3.33. The molecule has 7 heteroatoms. The van der Waals surface area contributed by atoms with Crippen LogP contribution in [0.25, 0.3) is 0 Å². The SMILES string of the molecule is O=C(COC(=O)CCc1ccsc1)Nc1cccc2c1C(=O)c1ccccc1C2=O. The van der Waals surface area contributed by atoms with Gasteiger partial charge < -0.3 is 10.1 Å². The molecule has 3 aromatic rings. The maximum atomic E-state index is 12.9. The summed E-state index contributed by atoms with van der Waals surface area (Å²) in [6, 6.07) is 13.2. The summed E-state index contributed by atoms with van der Waals surface area (Å²) in [6.45, 7) is -0.467. The topological polar surface area (TPSA) is 89.5 Å². The molecule has 1 N–H and O–H groups in total. The Hall–Kier alpha value is -3.58. The highest BCUT2D eigenvalue weighted by molar-refractivity contribution is 7.07. The zero-order valence-corrected chi connectivity index (χ0v) is 16.7. The lowest BCUT2D eigenvalue weighted by molar-refractivity contribution is -0.147. The number of ketones is 2. The van der Waals surface area contributed by atoms with E-state index in [0.29, 0.717) is 17.5 Å². The molecule has 0 aliphatic heterocycles. The molecule has 1 amide bonds. The second-order valence-corrected chi connectivity index (χ2v) is 7.55. The normalized spacial score (nSPS) is 12.1. The van der Waals surface area contributed by atoms with Gasteiger partial charge in [-0.3, -0.25) is 19.2 Å². The van der Waals surface area contributed by atoms with E-state index in [1.807, 2.05) is 16.8 Å². The number of anilines is 1. The molecule has 30 heavy (non-hydrogen) atoms. The van der Waals surface area contributed by atoms with Crippen LogP contribution < -0.4 is 5.32 Å². The van der Waals surface area contributed by atoms with Crippen molar-refractivity contribution in [2.45, 2.75) is 12.8 Å². The fraction of sp³-hybridized carbons (Fsp3) is 0.130. The van der Waals surface area contributed by atoms with Crippen molar-refractivity contribution >= 4 is 40.5 Å². The van der Waals surface area contributed by atoms with Crippen LogP contribution >= 0.6 is 11.3 Å². The summed E-state index contributed by atoms with van der Waals surface area (Å²) in [7, 11) is 0. The maximum Gasteiger partial charge on any atom is 0.306 e. The van der Waals surface area contributed by atoms with Gasteiger partial charge in [-0.05, 0) is 34.9 Å². The van der Waals surface area contributed by atoms with Gasteiger partial charge in [-0.25, -0.2) is 0 Å². The highest BCUT2D eigenvalue weighted by atomic mass is 32.1. The molecule has 0 bridgehead atoms. The fourth-order valence-corrected chi connectivity index (χ4v) is 4.04. The molecule has 0 fully saturated rings. The molecule has 0 unspecified atom stereocenters. The standard InChI is InChI=1S/C23H17NO5S/c25-19(12-29-20(26)9-8-14-10-11-30-13-14)24-18-7-3-6-17-21(18)23(28)16-5-2-1-4-15(16)22(17)27/h1-7,10-11,13H,8-9,12H2,(H,24,25). The van der Waals surface area contributed by atoms with Gasteiger partial charge in [0.2, 0.25) is 0 Å². The number of rotatable bonds is 6. The lowest BCUT2D eigenvalue weighted by Gasteiger charge is -2.20. The Labute approximate surface area is 176 Å². The number of carbonyl (C=O) groups excluding carboxylic acids is 4. The molecule has 150 valence electrons. The molecular formula is C23H17NO5S. The summed E-state index contributed by atoms with van der Waals surface area (Å²) in [5.74, 6) is -1.65. The predicted molar refractivity (Wildman–Crippen MR) is 112 cm³/mol. The minimum atomic E-state index is -0.577. The summed E-state index contributed by atoms with van der Waals surface area (Å²) >= 11 is 1.55. The zero-order valence-electron chi connectivity index (χ0n) is 15.8. The summed E-state index contributed by atoms with van der Waals surface area (Å²) < 4.78 is 5.02. The molecule has 0 atom stereocenters. The average Bonchev–Trinajstić information content (AvgIpc) is 3.28. The number of thiophene rings is 1. The van der Waals surface area contributed by atoms with E-state index in [0.717, 1.165) is 5.56 Å². The van der Waals surface area contributed by atoms with Gasteiger partial charge in [-0.1, -0.05) is 36.4 Å². The number of hydrogen-bond acceptors (Lipinski definition) is 6. The third-order valence-corrected chi connectivity index (χ3v) is 5.52. The summed E-state index contributed by atoms with van der Waals surface area (Å²) in [5.41, 5.74) is 2.30. The van der Waals surface area contributed by atoms with Crippen molar-refractivity contribution in [1.82, 2.24) is 0 Å². The second kappa shape index (κ2) is 8.42. The first-order valence-corrected chi connectivity index (χ1v) is 10.3. The number of nitrogens with one attached hydrogen (secondary N) is 1. The number of hydrogen-bond donors (Lipinski definition) is 1. The second-order valence-electron chi connectivity index (χ2n) is 6.77. The molecule has 1 heterocycles. The van der Waals surface area contributed by atoms with Gasteiger partial charge in [0.15, 0.2) is 18.2 Å². The Kier molecular flexibility index (Phi) is 5.54. The van der Waals surface area contributed by atoms with Gasteiger partial charge >= 0.3 is 5.97 Å². The lowest BCUT2D eigenvalue weighted by atomic mass is 9.83. The van der Waals surface area contributed by atoms with Crippen molar-refractivity contribution in [3.8, 4) is 0 Å². The summed E-state index contributed by atoms with van der Waals surface area (Å²) in [6.07, 6.45) is 0.723. The first-order valence-electron chi connectivity index (χ1n) is 9.32. The van der Waals surface area contributed by atoms with Crippen molar-refractivity contribution in [2.75, 3.05) is 11.9 Å². The molecule has 0 spiro atoms. The predicted octanol–water partition coefficient (Wildman–Crippen LogP) is 3.64. The number of amides is 1. The molecular weight excluding hydrogens is 402 g/mol. The van der Waals surface area contributed by atoms with Crippen LogP contribution in [0.15, 0.2) is 59.3 Å². The molecule has 2 aromatic carbocycles. The summed E-state index contributed by atoms with van der Waals surface area (Å²) in [5, 5.41) is 6.47. The molecule has 6 nitrogen and oxygen atoms in total. The molecule has 1 aliphatic rings. The van der Waals surface area contributed by atoms with E-state index in [2.05, 4.69) is 5.32 Å². The molecule has 0 saturated heterocycles. The molecule has 0 saturated carbocycles. The van der Waals surface area contributed by atoms with Gasteiger partial charge in [-0.2, -0.15) is 11.3 Å². The first-order chi connectivity index (χ1) is 14.5. The van der Waals surface area contributed by atoms with Crippen molar-refractivity contribution in [2.24, 2.45) is 0 Å². The van der Waals surface area contributed by atoms with Gasteiger partial charge in [0.1, 0.15) is 0 Å². The van der Waals surface area contributed by atoms with Crippen LogP contribution in [0.2, 0.25) is 0 Å². The smallest absolute Gasteiger partial charge is 0.306 e. The summed E-state index contributed by atoms with van der Waals surface area (Å²) in [4.78, 5) is 49.8. The van der Waals surface area contributed by atoms with Crippen LogP contribution in [-0.4, -0.2) is 30.0 Å². The Morgan fingerprint density at radius 2 is 1.63 bits per heavy atom. The third-order valence-electron chi connectivity index (χ3n) is 4.79. The van der Waals surface area contributed by atoms with E-state index in [9.17, 15) is 19.2 Å². The molecule has 1 aromatic heterocycles. The number of carbonyl (C=O) groups is 4. The molecule has 1 aliphatic carbocycles. The number of aryl methyl sites for hydroxylation is 1. The van der Waals surface area contributed by atoms with E-state index in [-0.39, 0.29) is 34.8 Å². The Bertz CT molecular complexity index is 1150. The number of fused-ring (bicyclic) bond motifs is 2. The van der Waals surface area contributed by atoms with E-state index in [4.69, 9.17) is 4.74 Å². The third kappa shape index (κ3) is 3.92. The van der Waals surface area contributed by atoms with Crippen molar-refractivity contribution in [1.29, 1.82) is 0 Å². The Morgan fingerprint density at radius 1 is 0.900 bits per heavy atom. The van der Waals surface area contributed by atoms with E-state index < -0.39 is 18.5 Å². The van der Waals surface area contributed by atoms with Crippen LogP contribution in [0.4, 0.5) is 5.69 Å². The van der Waals surface area contributed by atoms with Crippen molar-refractivity contribution in [3.05, 3.63) is 87.1 Å². The van der Waals surface area contributed by atoms with E-state index in [1.165, 1.54) is 0 Å². The number of esters is 1. The van der Waals surface area contributed by atoms with Gasteiger partial charge in [0.25, 0.3) is 5.91 Å². The molecule has 4 rings (SSSR count). The van der Waals surface area contributed by atoms with Crippen LogP contribution in [-0.2, 0) is 20.7 Å². The lowest BCUT2D eigenvalue weighted by Crippen LogP contribution is -2.26. The van der Waals surface area contributed by atoms with Crippen molar-refractivity contribution < 1.29 is 23.9 Å². The quantitative estimate of drug-likeness (QED) is 0.482. The van der Waals surface area contributed by atoms with Crippen LogP contribution in [0.5, 0.6) is 0 Å². The monoisotopic (exact) mass is 419 g/mol. The average molecular weight is 419 g/mol. The van der Waals surface area contributed by atoms with Gasteiger partial charge in [0.05, 0.1) is 11.3 Å². The largest absolute Gasteiger partial charge is 0.456 e. The highest BCUT2D eigenvalue weighted by Crippen LogP contribution is 2.31. The van der Waals surface area contributed by atoms with E-state index in [1.54, 1.807) is 53.8 Å². The minimum absolute atomic E-state index is 0.151. The zero-order chi connectivity index (χ0) is 21.1. The van der Waals surface area contributed by atoms with Gasteiger partial charge in [0, 0.05) is 23.1 Å². The number of benzene rings is 2. The number of ether oxygens (including phenoxy) is 1. The molecule has 0 radical (unpaired) electrons. The van der Waals surface area contributed by atoms with Crippen LogP contribution in [0.3, 0.4) is 0 Å². The Morgan fingerprint density at radius 3 is 2.37 bits per heavy atom.